The maximum atomic E-state index is 13.9. The number of thiazole rings is 1. The highest BCUT2D eigenvalue weighted by molar-refractivity contribution is 7.09. The van der Waals surface area contributed by atoms with Crippen molar-refractivity contribution in [2.45, 2.75) is 32.7 Å². The molecule has 0 bridgehead atoms. The lowest BCUT2D eigenvalue weighted by atomic mass is 9.96. The van der Waals surface area contributed by atoms with E-state index in [2.05, 4.69) is 37.5 Å². The second-order valence-corrected chi connectivity index (χ2v) is 7.99. The highest BCUT2D eigenvalue weighted by Crippen LogP contribution is 2.24. The highest BCUT2D eigenvalue weighted by atomic mass is 32.1. The molecule has 3 heterocycles. The Morgan fingerprint density at radius 1 is 1.26 bits per heavy atom. The summed E-state index contributed by atoms with van der Waals surface area (Å²) < 4.78 is 13.9. The van der Waals surface area contributed by atoms with E-state index < -0.39 is 0 Å². The van der Waals surface area contributed by atoms with Gasteiger partial charge in [0.1, 0.15) is 23.5 Å². The molecule has 1 N–H and O–H groups in total. The average Bonchev–Trinajstić information content (AvgIpc) is 3.15. The number of nitrogens with zero attached hydrogens (tertiary/aromatic N) is 4. The molecule has 142 valence electrons. The number of para-hydroxylation sites is 1. The number of likely N-dealkylation sites (tertiary alicyclic amines) is 1. The number of aryl methyl sites for hydroxylation is 1. The summed E-state index contributed by atoms with van der Waals surface area (Å²) in [5.41, 5.74) is 1.57. The van der Waals surface area contributed by atoms with Gasteiger partial charge in [-0.25, -0.2) is 19.3 Å². The number of halogens is 1. The van der Waals surface area contributed by atoms with Gasteiger partial charge in [0, 0.05) is 23.9 Å². The fourth-order valence-corrected chi connectivity index (χ4v) is 4.33. The molecule has 7 heteroatoms. The van der Waals surface area contributed by atoms with E-state index in [-0.39, 0.29) is 5.82 Å². The van der Waals surface area contributed by atoms with Gasteiger partial charge in [-0.05, 0) is 50.4 Å². The molecule has 1 aliphatic rings. The number of hydrogen-bond donors (Lipinski definition) is 1. The third kappa shape index (κ3) is 4.25. The molecule has 5 nitrogen and oxygen atoms in total. The molecule has 1 aliphatic heterocycles. The minimum atomic E-state index is -0.306. The van der Waals surface area contributed by atoms with Gasteiger partial charge in [-0.2, -0.15) is 0 Å². The molecule has 0 saturated carbocycles. The molecule has 3 aromatic rings. The van der Waals surface area contributed by atoms with Gasteiger partial charge in [-0.1, -0.05) is 13.0 Å². The molecule has 27 heavy (non-hydrogen) atoms. The normalized spacial score (nSPS) is 16.1. The fraction of sp³-hybridized carbons (Fsp3) is 0.450. The Morgan fingerprint density at radius 3 is 2.89 bits per heavy atom. The average molecular weight is 386 g/mol. The van der Waals surface area contributed by atoms with Gasteiger partial charge >= 0.3 is 0 Å². The number of aromatic nitrogens is 3. The van der Waals surface area contributed by atoms with Crippen LogP contribution in [0.4, 0.5) is 10.2 Å². The van der Waals surface area contributed by atoms with Gasteiger partial charge in [0.15, 0.2) is 0 Å². The van der Waals surface area contributed by atoms with E-state index in [0.717, 1.165) is 56.6 Å². The number of hydrogen-bond acceptors (Lipinski definition) is 6. The Labute approximate surface area is 162 Å². The molecule has 4 rings (SSSR count). The molecule has 0 spiro atoms. The Kier molecular flexibility index (Phi) is 5.59. The summed E-state index contributed by atoms with van der Waals surface area (Å²) in [5.74, 6) is 1.01. The van der Waals surface area contributed by atoms with Crippen LogP contribution in [-0.4, -0.2) is 39.5 Å². The molecule has 0 aliphatic carbocycles. The number of rotatable bonds is 6. The van der Waals surface area contributed by atoms with Gasteiger partial charge in [-0.15, -0.1) is 11.3 Å². The summed E-state index contributed by atoms with van der Waals surface area (Å²) in [6.07, 6.45) is 4.74. The SMILES string of the molecule is CCc1nc(CN2CCC(CNc3ncnc4c(F)cccc34)CC2)cs1. The van der Waals surface area contributed by atoms with E-state index in [0.29, 0.717) is 11.4 Å². The van der Waals surface area contributed by atoms with Crippen molar-refractivity contribution in [1.82, 2.24) is 19.9 Å². The zero-order valence-corrected chi connectivity index (χ0v) is 16.3. The van der Waals surface area contributed by atoms with Gasteiger partial charge in [0.05, 0.1) is 10.7 Å². The van der Waals surface area contributed by atoms with Crippen molar-refractivity contribution in [3.05, 3.63) is 46.4 Å². The fourth-order valence-electron chi connectivity index (χ4n) is 3.60. The number of benzene rings is 1. The van der Waals surface area contributed by atoms with Crippen molar-refractivity contribution in [1.29, 1.82) is 0 Å². The quantitative estimate of drug-likeness (QED) is 0.692. The molecule has 0 unspecified atom stereocenters. The summed E-state index contributed by atoms with van der Waals surface area (Å²) >= 11 is 1.76. The molecular formula is C20H24FN5S. The van der Waals surface area contributed by atoms with Crippen LogP contribution in [0.15, 0.2) is 29.9 Å². The number of anilines is 1. The topological polar surface area (TPSA) is 53.9 Å². The zero-order chi connectivity index (χ0) is 18.6. The minimum Gasteiger partial charge on any atom is -0.369 e. The van der Waals surface area contributed by atoms with Crippen LogP contribution >= 0.6 is 11.3 Å². The Balaban J connectivity index is 1.30. The van der Waals surface area contributed by atoms with Crippen LogP contribution in [0.2, 0.25) is 0 Å². The monoisotopic (exact) mass is 385 g/mol. The summed E-state index contributed by atoms with van der Waals surface area (Å²) in [7, 11) is 0. The third-order valence-electron chi connectivity index (χ3n) is 5.17. The molecule has 1 aromatic carbocycles. The van der Waals surface area contributed by atoms with E-state index in [1.54, 1.807) is 17.4 Å². The van der Waals surface area contributed by atoms with Crippen molar-refractivity contribution in [2.24, 2.45) is 5.92 Å². The van der Waals surface area contributed by atoms with Crippen molar-refractivity contribution in [2.75, 3.05) is 25.0 Å². The van der Waals surface area contributed by atoms with Crippen LogP contribution in [0.25, 0.3) is 10.9 Å². The van der Waals surface area contributed by atoms with Crippen LogP contribution in [0.5, 0.6) is 0 Å². The summed E-state index contributed by atoms with van der Waals surface area (Å²) in [6, 6.07) is 5.00. The molecule has 2 aromatic heterocycles. The van der Waals surface area contributed by atoms with Crippen LogP contribution in [-0.2, 0) is 13.0 Å². The summed E-state index contributed by atoms with van der Waals surface area (Å²) in [6.45, 7) is 6.13. The van der Waals surface area contributed by atoms with Gasteiger partial charge in [-0.3, -0.25) is 4.90 Å². The molecule has 0 amide bonds. The zero-order valence-electron chi connectivity index (χ0n) is 15.5. The van der Waals surface area contributed by atoms with E-state index >= 15 is 0 Å². The second-order valence-electron chi connectivity index (χ2n) is 7.04. The van der Waals surface area contributed by atoms with Crippen molar-refractivity contribution in [3.63, 3.8) is 0 Å². The van der Waals surface area contributed by atoms with Crippen LogP contribution in [0.3, 0.4) is 0 Å². The molecule has 1 fully saturated rings. The van der Waals surface area contributed by atoms with Crippen molar-refractivity contribution in [3.8, 4) is 0 Å². The van der Waals surface area contributed by atoms with E-state index in [4.69, 9.17) is 0 Å². The molecule has 0 radical (unpaired) electrons. The van der Waals surface area contributed by atoms with Gasteiger partial charge < -0.3 is 5.32 Å². The maximum Gasteiger partial charge on any atom is 0.149 e. The number of fused-ring (bicyclic) bond motifs is 1. The predicted molar refractivity (Wildman–Crippen MR) is 107 cm³/mol. The Morgan fingerprint density at radius 2 is 2.11 bits per heavy atom. The van der Waals surface area contributed by atoms with E-state index in [1.807, 2.05) is 6.07 Å². The Hall–Kier alpha value is -2.12. The number of piperidine rings is 1. The summed E-state index contributed by atoms with van der Waals surface area (Å²) in [4.78, 5) is 15.5. The molecule has 0 atom stereocenters. The lowest BCUT2D eigenvalue weighted by Crippen LogP contribution is -2.35. The predicted octanol–water partition coefficient (Wildman–Crippen LogP) is 4.11. The van der Waals surface area contributed by atoms with E-state index in [1.165, 1.54) is 23.1 Å². The lowest BCUT2D eigenvalue weighted by molar-refractivity contribution is 0.181. The maximum absolute atomic E-state index is 13.9. The first-order valence-electron chi connectivity index (χ1n) is 9.51. The minimum absolute atomic E-state index is 0.306. The van der Waals surface area contributed by atoms with Gasteiger partial charge in [0.2, 0.25) is 0 Å². The second kappa shape index (κ2) is 8.27. The van der Waals surface area contributed by atoms with Crippen LogP contribution in [0, 0.1) is 11.7 Å². The van der Waals surface area contributed by atoms with Crippen molar-refractivity contribution >= 4 is 28.1 Å². The number of nitrogens with one attached hydrogen (secondary N) is 1. The first kappa shape index (κ1) is 18.3. The smallest absolute Gasteiger partial charge is 0.149 e. The van der Waals surface area contributed by atoms with Gasteiger partial charge in [0.25, 0.3) is 0 Å². The highest BCUT2D eigenvalue weighted by Gasteiger charge is 2.20. The molecular weight excluding hydrogens is 361 g/mol. The van der Waals surface area contributed by atoms with Crippen LogP contribution < -0.4 is 5.32 Å². The largest absolute Gasteiger partial charge is 0.369 e. The summed E-state index contributed by atoms with van der Waals surface area (Å²) in [5, 5.41) is 7.56. The first-order valence-corrected chi connectivity index (χ1v) is 10.4. The van der Waals surface area contributed by atoms with Crippen molar-refractivity contribution < 1.29 is 4.39 Å². The molecule has 1 saturated heterocycles. The Bertz CT molecular complexity index is 904. The van der Waals surface area contributed by atoms with Crippen LogP contribution in [0.1, 0.15) is 30.5 Å². The lowest BCUT2D eigenvalue weighted by Gasteiger charge is -2.31. The first-order chi connectivity index (χ1) is 13.2. The standard InChI is InChI=1S/C20H24FN5S/c1-2-18-25-15(12-27-18)11-26-8-6-14(7-9-26)10-22-20-16-4-3-5-17(21)19(16)23-13-24-20/h3-5,12-14H,2,6-11H2,1H3,(H,22,23,24). The third-order valence-corrected chi connectivity index (χ3v) is 6.21. The van der Waals surface area contributed by atoms with E-state index in [9.17, 15) is 4.39 Å².